The van der Waals surface area contributed by atoms with Crippen molar-refractivity contribution in [3.63, 3.8) is 0 Å². The number of hydrogen-bond donors (Lipinski definition) is 3. The van der Waals surface area contributed by atoms with Gasteiger partial charge in [0.25, 0.3) is 5.91 Å². The molecule has 1 heterocycles. The van der Waals surface area contributed by atoms with E-state index >= 15 is 0 Å². The maximum Gasteiger partial charge on any atom is 0.305 e. The minimum absolute atomic E-state index is 0.0130. The Labute approximate surface area is 224 Å². The van der Waals surface area contributed by atoms with E-state index in [0.717, 1.165) is 4.68 Å². The molecule has 0 spiro atoms. The summed E-state index contributed by atoms with van der Waals surface area (Å²) < 4.78 is 21.6. The molecule has 2 atom stereocenters. The number of amides is 1. The number of para-hydroxylation sites is 1. The molecular formula is C26H28Cl2FN3O5. The first-order valence-electron chi connectivity index (χ1n) is 11.4. The van der Waals surface area contributed by atoms with E-state index in [0.29, 0.717) is 10.6 Å². The van der Waals surface area contributed by atoms with E-state index in [9.17, 15) is 24.2 Å². The van der Waals surface area contributed by atoms with Gasteiger partial charge in [-0.25, -0.2) is 4.39 Å². The van der Waals surface area contributed by atoms with Gasteiger partial charge in [0.2, 0.25) is 5.88 Å². The zero-order valence-electron chi connectivity index (χ0n) is 20.8. The van der Waals surface area contributed by atoms with Crippen molar-refractivity contribution in [1.82, 2.24) is 15.1 Å². The summed E-state index contributed by atoms with van der Waals surface area (Å²) in [6.07, 6.45) is -0.459. The van der Waals surface area contributed by atoms with Crippen molar-refractivity contribution in [1.29, 1.82) is 0 Å². The van der Waals surface area contributed by atoms with Crippen LogP contribution in [0.2, 0.25) is 10.0 Å². The van der Waals surface area contributed by atoms with Gasteiger partial charge < -0.3 is 20.3 Å². The average molecular weight is 552 g/mol. The van der Waals surface area contributed by atoms with Gasteiger partial charge in [0.1, 0.15) is 23.7 Å². The number of aliphatic hydroxyl groups is 1. The molecule has 1 aromatic heterocycles. The first kappa shape index (κ1) is 28.4. The van der Waals surface area contributed by atoms with E-state index < -0.39 is 41.2 Å². The molecule has 0 aliphatic rings. The Hall–Kier alpha value is -3.14. The number of halogens is 3. The van der Waals surface area contributed by atoms with Crippen LogP contribution in [-0.4, -0.2) is 44.1 Å². The van der Waals surface area contributed by atoms with Crippen LogP contribution in [-0.2, 0) is 4.79 Å². The summed E-state index contributed by atoms with van der Waals surface area (Å²) in [5.41, 5.74) is -1.59. The second-order valence-electron chi connectivity index (χ2n) is 9.83. The molecule has 0 saturated carbocycles. The standard InChI is InChI=1S/C26H28Cl2FN3O5/c1-25(2,3)26(4,36)14-37-22-12-20(31-32(22)21-8-6-5-7-18(21)29)24(35)30-19(13-23(33)34)16-10-9-15(27)11-17(16)28/h5-12,19,36H,13-14H2,1-4H3,(H,30,35)(H,33,34)/t19-,26-/m0/s1. The van der Waals surface area contributed by atoms with Crippen molar-refractivity contribution < 1.29 is 28.9 Å². The van der Waals surface area contributed by atoms with Gasteiger partial charge in [-0.3, -0.25) is 9.59 Å². The third-order valence-corrected chi connectivity index (χ3v) is 6.69. The summed E-state index contributed by atoms with van der Waals surface area (Å²) in [5.74, 6) is -2.50. The van der Waals surface area contributed by atoms with E-state index in [1.54, 1.807) is 13.0 Å². The van der Waals surface area contributed by atoms with Crippen molar-refractivity contribution in [2.75, 3.05) is 6.61 Å². The van der Waals surface area contributed by atoms with Gasteiger partial charge >= 0.3 is 5.97 Å². The van der Waals surface area contributed by atoms with Gasteiger partial charge in [-0.2, -0.15) is 9.78 Å². The van der Waals surface area contributed by atoms with Gasteiger partial charge in [-0.05, 0) is 42.2 Å². The average Bonchev–Trinajstić information content (AvgIpc) is 3.21. The Bertz CT molecular complexity index is 1300. The second kappa shape index (κ2) is 11.1. The molecule has 3 rings (SSSR count). The number of carbonyl (C=O) groups excluding carboxylic acids is 1. The molecule has 198 valence electrons. The fourth-order valence-corrected chi connectivity index (χ4v) is 3.77. The highest BCUT2D eigenvalue weighted by Crippen LogP contribution is 2.32. The molecule has 3 aromatic rings. The largest absolute Gasteiger partial charge is 0.481 e. The number of aromatic nitrogens is 2. The van der Waals surface area contributed by atoms with Crippen LogP contribution in [0.15, 0.2) is 48.5 Å². The lowest BCUT2D eigenvalue weighted by atomic mass is 9.78. The normalized spacial score (nSPS) is 14.1. The van der Waals surface area contributed by atoms with Crippen molar-refractivity contribution in [3.8, 4) is 11.6 Å². The monoisotopic (exact) mass is 551 g/mol. The Balaban J connectivity index is 1.97. The number of hydrogen-bond acceptors (Lipinski definition) is 5. The number of aliphatic carboxylic acids is 1. The molecule has 8 nitrogen and oxygen atoms in total. The maximum atomic E-state index is 14.6. The summed E-state index contributed by atoms with van der Waals surface area (Å²) in [6.45, 7) is 6.96. The Morgan fingerprint density at radius 3 is 2.41 bits per heavy atom. The molecule has 0 aliphatic carbocycles. The highest BCUT2D eigenvalue weighted by atomic mass is 35.5. The van der Waals surface area contributed by atoms with E-state index in [2.05, 4.69) is 10.4 Å². The zero-order chi connectivity index (χ0) is 27.5. The SMILES string of the molecule is CC(C)(C)[C@@](C)(O)COc1cc(C(=O)N[C@@H](CC(=O)O)c2ccc(Cl)cc2Cl)nn1-c1ccccc1F. The number of carboxylic acids is 1. The topological polar surface area (TPSA) is 114 Å². The highest BCUT2D eigenvalue weighted by molar-refractivity contribution is 6.35. The quantitative estimate of drug-likeness (QED) is 0.326. The van der Waals surface area contributed by atoms with E-state index in [-0.39, 0.29) is 28.9 Å². The molecule has 0 fully saturated rings. The smallest absolute Gasteiger partial charge is 0.305 e. The number of nitrogens with one attached hydrogen (secondary N) is 1. The molecule has 0 unspecified atom stereocenters. The predicted octanol–water partition coefficient (Wildman–Crippen LogP) is 5.44. The number of rotatable bonds is 9. The van der Waals surface area contributed by atoms with Gasteiger partial charge in [0.15, 0.2) is 5.69 Å². The third-order valence-electron chi connectivity index (χ3n) is 6.13. The van der Waals surface area contributed by atoms with Gasteiger partial charge in [-0.15, -0.1) is 0 Å². The van der Waals surface area contributed by atoms with Crippen LogP contribution < -0.4 is 10.1 Å². The summed E-state index contributed by atoms with van der Waals surface area (Å²) in [6, 6.07) is 10.6. The van der Waals surface area contributed by atoms with Crippen LogP contribution in [0.4, 0.5) is 4.39 Å². The van der Waals surface area contributed by atoms with Crippen LogP contribution in [0.1, 0.15) is 56.2 Å². The predicted molar refractivity (Wildman–Crippen MR) is 138 cm³/mol. The molecule has 37 heavy (non-hydrogen) atoms. The van der Waals surface area contributed by atoms with Crippen molar-refractivity contribution in [2.45, 2.75) is 45.8 Å². The number of ether oxygens (including phenoxy) is 1. The zero-order valence-corrected chi connectivity index (χ0v) is 22.3. The van der Waals surface area contributed by atoms with Crippen molar-refractivity contribution in [3.05, 3.63) is 75.7 Å². The molecule has 1 amide bonds. The molecule has 0 bridgehead atoms. The molecule has 0 saturated heterocycles. The third kappa shape index (κ3) is 6.80. The lowest BCUT2D eigenvalue weighted by Crippen LogP contribution is -2.45. The molecule has 3 N–H and O–H groups in total. The summed E-state index contributed by atoms with van der Waals surface area (Å²) >= 11 is 12.2. The summed E-state index contributed by atoms with van der Waals surface area (Å²) in [4.78, 5) is 24.7. The number of carboxylic acid groups (broad SMARTS) is 1. The Morgan fingerprint density at radius 2 is 1.81 bits per heavy atom. The Morgan fingerprint density at radius 1 is 1.14 bits per heavy atom. The fraction of sp³-hybridized carbons (Fsp3) is 0.346. The molecular weight excluding hydrogens is 524 g/mol. The Kier molecular flexibility index (Phi) is 8.52. The lowest BCUT2D eigenvalue weighted by molar-refractivity contribution is -0.137. The van der Waals surface area contributed by atoms with Crippen LogP contribution >= 0.6 is 23.2 Å². The number of carbonyl (C=O) groups is 2. The maximum absolute atomic E-state index is 14.6. The van der Waals surface area contributed by atoms with Crippen molar-refractivity contribution in [2.24, 2.45) is 5.41 Å². The lowest BCUT2D eigenvalue weighted by Gasteiger charge is -2.36. The van der Waals surface area contributed by atoms with Crippen LogP contribution in [0.3, 0.4) is 0 Å². The first-order chi connectivity index (χ1) is 17.2. The molecule has 11 heteroatoms. The van der Waals surface area contributed by atoms with E-state index in [4.69, 9.17) is 27.9 Å². The highest BCUT2D eigenvalue weighted by Gasteiger charge is 2.36. The number of nitrogens with zero attached hydrogens (tertiary/aromatic N) is 2. The van der Waals surface area contributed by atoms with Gasteiger partial charge in [-0.1, -0.05) is 62.2 Å². The van der Waals surface area contributed by atoms with Gasteiger partial charge in [0, 0.05) is 16.1 Å². The van der Waals surface area contributed by atoms with E-state index in [1.165, 1.54) is 42.5 Å². The summed E-state index contributed by atoms with van der Waals surface area (Å²) in [5, 5.41) is 27.6. The molecule has 0 aliphatic heterocycles. The van der Waals surface area contributed by atoms with Crippen LogP contribution in [0, 0.1) is 11.2 Å². The van der Waals surface area contributed by atoms with Crippen molar-refractivity contribution >= 4 is 35.1 Å². The molecule has 2 aromatic carbocycles. The molecule has 0 radical (unpaired) electrons. The van der Waals surface area contributed by atoms with Crippen LogP contribution in [0.25, 0.3) is 5.69 Å². The summed E-state index contributed by atoms with van der Waals surface area (Å²) in [7, 11) is 0. The fourth-order valence-electron chi connectivity index (χ4n) is 3.23. The van der Waals surface area contributed by atoms with Crippen LogP contribution in [0.5, 0.6) is 5.88 Å². The minimum Gasteiger partial charge on any atom is -0.481 e. The van der Waals surface area contributed by atoms with Gasteiger partial charge in [0.05, 0.1) is 12.5 Å². The number of benzene rings is 2. The minimum atomic E-state index is -1.27. The first-order valence-corrected chi connectivity index (χ1v) is 12.1. The van der Waals surface area contributed by atoms with E-state index in [1.807, 2.05) is 20.8 Å². The second-order valence-corrected chi connectivity index (χ2v) is 10.7.